The summed E-state index contributed by atoms with van der Waals surface area (Å²) in [6.07, 6.45) is 0. The Morgan fingerprint density at radius 3 is 3.14 bits per heavy atom. The van der Waals surface area contributed by atoms with Gasteiger partial charge in [0.05, 0.1) is 0 Å². The van der Waals surface area contributed by atoms with Gasteiger partial charge in [0.2, 0.25) is 0 Å². The first-order chi connectivity index (χ1) is 6.75. The number of fused-ring (bicyclic) bond motifs is 3. The second kappa shape index (κ2) is 2.42. The van der Waals surface area contributed by atoms with Crippen molar-refractivity contribution in [2.75, 3.05) is 0 Å². The molecule has 0 amide bonds. The van der Waals surface area contributed by atoms with Crippen LogP contribution in [0.1, 0.15) is 17.1 Å². The van der Waals surface area contributed by atoms with Crippen LogP contribution >= 0.6 is 0 Å². The summed E-state index contributed by atoms with van der Waals surface area (Å²) in [6.45, 7) is 3.22. The molecule has 0 aliphatic carbocycles. The maximum atomic E-state index is 11.5. The highest BCUT2D eigenvalue weighted by molar-refractivity contribution is 5.50. The van der Waals surface area contributed by atoms with Gasteiger partial charge in [-0.1, -0.05) is 0 Å². The zero-order valence-electron chi connectivity index (χ0n) is 7.66. The second-order valence-corrected chi connectivity index (χ2v) is 3.39. The fourth-order valence-corrected chi connectivity index (χ4v) is 1.79. The van der Waals surface area contributed by atoms with Crippen molar-refractivity contribution in [3.63, 3.8) is 0 Å². The first-order valence-corrected chi connectivity index (χ1v) is 4.44. The van der Waals surface area contributed by atoms with Crippen LogP contribution in [0.3, 0.4) is 0 Å². The molecular formula is C8H9N5O. The topological polar surface area (TPSA) is 75.1 Å². The quantitative estimate of drug-likeness (QED) is 0.579. The van der Waals surface area contributed by atoms with Crippen molar-refractivity contribution in [3.8, 4) is 0 Å². The maximum Gasteiger partial charge on any atom is 0.348 e. The fourth-order valence-electron chi connectivity index (χ4n) is 1.79. The molecule has 0 aromatic carbocycles. The van der Waals surface area contributed by atoms with E-state index in [2.05, 4.69) is 20.4 Å². The standard InChI is InChI=1S/C8H9N5O/c1-4-10-7-5-2-9-3-6(5)11-8(14)13(7)12-4/h9H,2-3H2,1H3,(H,11,14). The van der Waals surface area contributed by atoms with Gasteiger partial charge in [-0.25, -0.2) is 9.78 Å². The molecule has 0 spiro atoms. The molecule has 0 radical (unpaired) electrons. The molecule has 6 nitrogen and oxygen atoms in total. The summed E-state index contributed by atoms with van der Waals surface area (Å²) < 4.78 is 1.32. The molecule has 2 N–H and O–H groups in total. The first-order valence-electron chi connectivity index (χ1n) is 4.44. The maximum absolute atomic E-state index is 11.5. The van der Waals surface area contributed by atoms with Gasteiger partial charge in [-0.15, -0.1) is 5.10 Å². The summed E-state index contributed by atoms with van der Waals surface area (Å²) in [7, 11) is 0. The highest BCUT2D eigenvalue weighted by Crippen LogP contribution is 2.15. The third-order valence-corrected chi connectivity index (χ3v) is 2.40. The van der Waals surface area contributed by atoms with Gasteiger partial charge in [0.1, 0.15) is 5.82 Å². The number of rotatable bonds is 0. The third-order valence-electron chi connectivity index (χ3n) is 2.40. The minimum Gasteiger partial charge on any atom is -0.308 e. The first kappa shape index (κ1) is 7.69. The van der Waals surface area contributed by atoms with Gasteiger partial charge in [0.25, 0.3) is 0 Å². The summed E-state index contributed by atoms with van der Waals surface area (Å²) in [5.41, 5.74) is 2.43. The van der Waals surface area contributed by atoms with Crippen molar-refractivity contribution in [2.24, 2.45) is 0 Å². The Hall–Kier alpha value is -1.69. The van der Waals surface area contributed by atoms with E-state index >= 15 is 0 Å². The Morgan fingerprint density at radius 2 is 2.29 bits per heavy atom. The Morgan fingerprint density at radius 1 is 1.43 bits per heavy atom. The van der Waals surface area contributed by atoms with Gasteiger partial charge < -0.3 is 10.3 Å². The smallest absolute Gasteiger partial charge is 0.308 e. The van der Waals surface area contributed by atoms with Crippen LogP contribution in [0.4, 0.5) is 0 Å². The third kappa shape index (κ3) is 0.856. The summed E-state index contributed by atoms with van der Waals surface area (Å²) in [4.78, 5) is 18.6. The monoisotopic (exact) mass is 191 g/mol. The van der Waals surface area contributed by atoms with Crippen molar-refractivity contribution in [2.45, 2.75) is 20.0 Å². The van der Waals surface area contributed by atoms with E-state index in [0.29, 0.717) is 18.0 Å². The van der Waals surface area contributed by atoms with Gasteiger partial charge in [-0.3, -0.25) is 0 Å². The van der Waals surface area contributed by atoms with Crippen LogP contribution in [-0.2, 0) is 13.1 Å². The Labute approximate surface area is 79.0 Å². The van der Waals surface area contributed by atoms with E-state index in [1.54, 1.807) is 6.92 Å². The molecule has 0 unspecified atom stereocenters. The second-order valence-electron chi connectivity index (χ2n) is 3.39. The Kier molecular flexibility index (Phi) is 1.33. The number of nitrogens with one attached hydrogen (secondary N) is 2. The van der Waals surface area contributed by atoms with E-state index in [9.17, 15) is 4.79 Å². The van der Waals surface area contributed by atoms with Crippen LogP contribution in [0.2, 0.25) is 0 Å². The lowest BCUT2D eigenvalue weighted by Crippen LogP contribution is -2.20. The molecule has 0 bridgehead atoms. The molecule has 3 heterocycles. The van der Waals surface area contributed by atoms with Crippen LogP contribution in [0, 0.1) is 6.92 Å². The van der Waals surface area contributed by atoms with Crippen molar-refractivity contribution in [1.29, 1.82) is 0 Å². The average Bonchev–Trinajstić information content (AvgIpc) is 2.69. The highest BCUT2D eigenvalue weighted by atomic mass is 16.1. The molecule has 2 aromatic rings. The molecule has 0 saturated heterocycles. The van der Waals surface area contributed by atoms with Crippen molar-refractivity contribution in [3.05, 3.63) is 27.6 Å². The number of nitrogens with zero attached hydrogens (tertiary/aromatic N) is 3. The van der Waals surface area contributed by atoms with E-state index in [1.165, 1.54) is 4.52 Å². The molecule has 72 valence electrons. The van der Waals surface area contributed by atoms with E-state index in [-0.39, 0.29) is 5.69 Å². The number of hydrogen-bond donors (Lipinski definition) is 2. The van der Waals surface area contributed by atoms with E-state index in [0.717, 1.165) is 17.8 Å². The van der Waals surface area contributed by atoms with Crippen LogP contribution in [-0.4, -0.2) is 19.6 Å². The lowest BCUT2D eigenvalue weighted by Gasteiger charge is -1.97. The number of aromatic amines is 1. The molecular weight excluding hydrogens is 182 g/mol. The summed E-state index contributed by atoms with van der Waals surface area (Å²) in [5, 5.41) is 7.19. The molecule has 2 aromatic heterocycles. The van der Waals surface area contributed by atoms with Crippen LogP contribution in [0.5, 0.6) is 0 Å². The summed E-state index contributed by atoms with van der Waals surface area (Å²) in [6, 6.07) is 0. The average molecular weight is 191 g/mol. The van der Waals surface area contributed by atoms with Crippen molar-refractivity contribution < 1.29 is 0 Å². The molecule has 14 heavy (non-hydrogen) atoms. The lowest BCUT2D eigenvalue weighted by molar-refractivity contribution is 0.756. The summed E-state index contributed by atoms with van der Waals surface area (Å²) in [5.74, 6) is 0.621. The zero-order valence-corrected chi connectivity index (χ0v) is 7.66. The van der Waals surface area contributed by atoms with Gasteiger partial charge >= 0.3 is 5.69 Å². The number of aryl methyl sites for hydroxylation is 1. The van der Waals surface area contributed by atoms with E-state index in [4.69, 9.17) is 0 Å². The molecule has 0 atom stereocenters. The largest absolute Gasteiger partial charge is 0.348 e. The predicted octanol–water partition coefficient (Wildman–Crippen LogP) is -0.671. The molecule has 1 aliphatic heterocycles. The normalized spacial score (nSPS) is 14.9. The van der Waals surface area contributed by atoms with E-state index in [1.807, 2.05) is 0 Å². The molecule has 6 heteroatoms. The number of H-pyrrole nitrogens is 1. The lowest BCUT2D eigenvalue weighted by atomic mass is 10.3. The van der Waals surface area contributed by atoms with Gasteiger partial charge in [0, 0.05) is 24.3 Å². The van der Waals surface area contributed by atoms with Crippen molar-refractivity contribution in [1.82, 2.24) is 24.9 Å². The highest BCUT2D eigenvalue weighted by Gasteiger charge is 2.18. The molecule has 3 rings (SSSR count). The SMILES string of the molecule is Cc1nc2c3c([nH]c(=O)n2n1)CNC3. The van der Waals surface area contributed by atoms with Gasteiger partial charge in [-0.05, 0) is 6.92 Å². The van der Waals surface area contributed by atoms with Gasteiger partial charge in [-0.2, -0.15) is 4.52 Å². The minimum atomic E-state index is -0.219. The predicted molar refractivity (Wildman–Crippen MR) is 48.9 cm³/mol. The molecule has 1 aliphatic rings. The van der Waals surface area contributed by atoms with Crippen LogP contribution < -0.4 is 11.0 Å². The zero-order chi connectivity index (χ0) is 9.71. The number of aromatic nitrogens is 4. The minimum absolute atomic E-state index is 0.219. The Bertz CT molecular complexity index is 567. The van der Waals surface area contributed by atoms with Gasteiger partial charge in [0.15, 0.2) is 5.65 Å². The number of hydrogen-bond acceptors (Lipinski definition) is 4. The molecule has 0 fully saturated rings. The Balaban J connectivity index is 2.52. The summed E-state index contributed by atoms with van der Waals surface area (Å²) >= 11 is 0. The van der Waals surface area contributed by atoms with E-state index < -0.39 is 0 Å². The fraction of sp³-hybridized carbons (Fsp3) is 0.375. The van der Waals surface area contributed by atoms with Crippen LogP contribution in [0.15, 0.2) is 4.79 Å². The van der Waals surface area contributed by atoms with Crippen molar-refractivity contribution >= 4 is 5.65 Å². The molecule has 0 saturated carbocycles. The van der Waals surface area contributed by atoms with Crippen LogP contribution in [0.25, 0.3) is 5.65 Å².